The molecular formula is C8H9NO5S. The molecule has 0 atom stereocenters. The van der Waals surface area contributed by atoms with Crippen LogP contribution in [0.2, 0.25) is 0 Å². The number of hydrogen-bond acceptors (Lipinski definition) is 5. The van der Waals surface area contributed by atoms with Gasteiger partial charge in [0.05, 0.1) is 15.6 Å². The maximum Gasteiger partial charge on any atom is 0.311 e. The first-order valence-corrected chi connectivity index (χ1v) is 5.74. The molecule has 0 unspecified atom stereocenters. The summed E-state index contributed by atoms with van der Waals surface area (Å²) in [6.45, 7) is 1.44. The second-order valence-electron chi connectivity index (χ2n) is 2.81. The molecule has 0 radical (unpaired) electrons. The summed E-state index contributed by atoms with van der Waals surface area (Å²) >= 11 is 0. The zero-order valence-electron chi connectivity index (χ0n) is 7.87. The van der Waals surface area contributed by atoms with E-state index < -0.39 is 26.2 Å². The molecule has 0 saturated carbocycles. The van der Waals surface area contributed by atoms with Crippen molar-refractivity contribution >= 4 is 15.5 Å². The van der Waals surface area contributed by atoms with Crippen molar-refractivity contribution in [3.8, 4) is 5.75 Å². The van der Waals surface area contributed by atoms with Crippen molar-refractivity contribution in [2.24, 2.45) is 0 Å². The fraction of sp³-hybridized carbons (Fsp3) is 0.250. The van der Waals surface area contributed by atoms with Gasteiger partial charge in [-0.2, -0.15) is 0 Å². The standard InChI is InChI=1S/C8H9NO5S/c1-2-15(13,14)6-3-4-8(10)7(5-6)9(11)12/h3-5,10H,2H2,1H3. The zero-order valence-corrected chi connectivity index (χ0v) is 8.69. The number of phenolic OH excluding ortho intramolecular Hbond substituents is 1. The molecule has 1 rings (SSSR count). The van der Waals surface area contributed by atoms with E-state index in [-0.39, 0.29) is 10.6 Å². The number of aromatic hydroxyl groups is 1. The highest BCUT2D eigenvalue weighted by atomic mass is 32.2. The van der Waals surface area contributed by atoms with Crippen molar-refractivity contribution in [3.05, 3.63) is 28.3 Å². The average molecular weight is 231 g/mol. The smallest absolute Gasteiger partial charge is 0.311 e. The van der Waals surface area contributed by atoms with E-state index in [4.69, 9.17) is 5.11 Å². The summed E-state index contributed by atoms with van der Waals surface area (Å²) in [4.78, 5) is 9.45. The van der Waals surface area contributed by atoms with E-state index in [0.717, 1.165) is 18.2 Å². The van der Waals surface area contributed by atoms with E-state index in [1.165, 1.54) is 6.92 Å². The molecule has 0 amide bonds. The van der Waals surface area contributed by atoms with Crippen LogP contribution in [0.25, 0.3) is 0 Å². The Morgan fingerprint density at radius 2 is 2.07 bits per heavy atom. The third kappa shape index (κ3) is 2.24. The Morgan fingerprint density at radius 1 is 1.47 bits per heavy atom. The molecule has 0 aliphatic heterocycles. The monoisotopic (exact) mass is 231 g/mol. The van der Waals surface area contributed by atoms with Gasteiger partial charge >= 0.3 is 5.69 Å². The van der Waals surface area contributed by atoms with Crippen LogP contribution in [0, 0.1) is 10.1 Å². The lowest BCUT2D eigenvalue weighted by atomic mass is 10.3. The van der Waals surface area contributed by atoms with Gasteiger partial charge in [-0.3, -0.25) is 10.1 Å². The number of sulfone groups is 1. The molecule has 0 aromatic heterocycles. The maximum absolute atomic E-state index is 11.4. The lowest BCUT2D eigenvalue weighted by molar-refractivity contribution is -0.386. The van der Waals surface area contributed by atoms with Gasteiger partial charge in [0.2, 0.25) is 0 Å². The van der Waals surface area contributed by atoms with Crippen molar-refractivity contribution in [1.82, 2.24) is 0 Å². The molecule has 0 heterocycles. The minimum absolute atomic E-state index is 0.144. The first kappa shape index (κ1) is 11.4. The molecule has 1 aromatic carbocycles. The molecule has 0 aliphatic rings. The van der Waals surface area contributed by atoms with Gasteiger partial charge in [-0.05, 0) is 12.1 Å². The van der Waals surface area contributed by atoms with Crippen LogP contribution in [-0.4, -0.2) is 24.2 Å². The molecule has 7 heteroatoms. The van der Waals surface area contributed by atoms with Gasteiger partial charge in [-0.25, -0.2) is 8.42 Å². The van der Waals surface area contributed by atoms with Crippen LogP contribution >= 0.6 is 0 Å². The van der Waals surface area contributed by atoms with Gasteiger partial charge in [0.25, 0.3) is 0 Å². The molecule has 0 aliphatic carbocycles. The molecule has 6 nitrogen and oxygen atoms in total. The van der Waals surface area contributed by atoms with Crippen LogP contribution in [0.15, 0.2) is 23.1 Å². The number of phenols is 1. The van der Waals surface area contributed by atoms with Crippen LogP contribution < -0.4 is 0 Å². The molecular weight excluding hydrogens is 222 g/mol. The van der Waals surface area contributed by atoms with Crippen LogP contribution in [0.3, 0.4) is 0 Å². The summed E-state index contributed by atoms with van der Waals surface area (Å²) < 4.78 is 22.8. The minimum Gasteiger partial charge on any atom is -0.502 e. The Labute approximate surface area is 86.2 Å². The van der Waals surface area contributed by atoms with Crippen LogP contribution in [0.1, 0.15) is 6.92 Å². The Morgan fingerprint density at radius 3 is 2.53 bits per heavy atom. The maximum atomic E-state index is 11.4. The fourth-order valence-electron chi connectivity index (χ4n) is 1.01. The quantitative estimate of drug-likeness (QED) is 0.620. The highest BCUT2D eigenvalue weighted by Gasteiger charge is 2.19. The lowest BCUT2D eigenvalue weighted by Gasteiger charge is -2.01. The van der Waals surface area contributed by atoms with Gasteiger partial charge in [-0.15, -0.1) is 0 Å². The van der Waals surface area contributed by atoms with Crippen molar-refractivity contribution in [2.45, 2.75) is 11.8 Å². The van der Waals surface area contributed by atoms with Crippen molar-refractivity contribution < 1.29 is 18.4 Å². The van der Waals surface area contributed by atoms with Gasteiger partial charge < -0.3 is 5.11 Å². The first-order valence-electron chi connectivity index (χ1n) is 4.08. The van der Waals surface area contributed by atoms with E-state index in [9.17, 15) is 18.5 Å². The van der Waals surface area contributed by atoms with Crippen molar-refractivity contribution in [2.75, 3.05) is 5.75 Å². The largest absolute Gasteiger partial charge is 0.502 e. The number of nitrogens with zero attached hydrogens (tertiary/aromatic N) is 1. The highest BCUT2D eigenvalue weighted by molar-refractivity contribution is 7.91. The predicted octanol–water partition coefficient (Wildman–Crippen LogP) is 1.09. The van der Waals surface area contributed by atoms with E-state index in [2.05, 4.69) is 0 Å². The lowest BCUT2D eigenvalue weighted by Crippen LogP contribution is -2.04. The first-order chi connectivity index (χ1) is 6.88. The Hall–Kier alpha value is -1.63. The van der Waals surface area contributed by atoms with E-state index in [0.29, 0.717) is 0 Å². The number of hydrogen-bond donors (Lipinski definition) is 1. The molecule has 0 fully saturated rings. The molecule has 82 valence electrons. The van der Waals surface area contributed by atoms with E-state index in [1.807, 2.05) is 0 Å². The summed E-state index contributed by atoms with van der Waals surface area (Å²) in [6.07, 6.45) is 0. The number of nitro benzene ring substituents is 1. The SMILES string of the molecule is CCS(=O)(=O)c1ccc(O)c([N+](=O)[O-])c1. The van der Waals surface area contributed by atoms with Gasteiger partial charge in [0, 0.05) is 6.07 Å². The summed E-state index contributed by atoms with van der Waals surface area (Å²) in [5.41, 5.74) is -0.607. The molecule has 1 N–H and O–H groups in total. The van der Waals surface area contributed by atoms with Crippen LogP contribution in [0.4, 0.5) is 5.69 Å². The van der Waals surface area contributed by atoms with Gasteiger partial charge in [0.1, 0.15) is 0 Å². The van der Waals surface area contributed by atoms with Crippen LogP contribution in [-0.2, 0) is 9.84 Å². The topological polar surface area (TPSA) is 97.5 Å². The second-order valence-corrected chi connectivity index (χ2v) is 5.09. The Balaban J connectivity index is 3.38. The minimum atomic E-state index is -3.49. The highest BCUT2D eigenvalue weighted by Crippen LogP contribution is 2.28. The molecule has 1 aromatic rings. The van der Waals surface area contributed by atoms with Crippen molar-refractivity contribution in [3.63, 3.8) is 0 Å². The normalized spacial score (nSPS) is 11.3. The van der Waals surface area contributed by atoms with E-state index >= 15 is 0 Å². The van der Waals surface area contributed by atoms with Gasteiger partial charge in [-0.1, -0.05) is 6.92 Å². The molecule has 0 spiro atoms. The number of nitro groups is 1. The average Bonchev–Trinajstić information content (AvgIpc) is 2.17. The third-order valence-corrected chi connectivity index (χ3v) is 3.61. The molecule has 0 saturated heterocycles. The molecule has 0 bridgehead atoms. The van der Waals surface area contributed by atoms with Crippen molar-refractivity contribution in [1.29, 1.82) is 0 Å². The number of benzene rings is 1. The Bertz CT molecular complexity index is 494. The third-order valence-electron chi connectivity index (χ3n) is 1.88. The van der Waals surface area contributed by atoms with E-state index in [1.54, 1.807) is 0 Å². The summed E-state index contributed by atoms with van der Waals surface area (Å²) in [6, 6.07) is 3.00. The summed E-state index contributed by atoms with van der Waals surface area (Å²) in [5.74, 6) is -0.690. The second kappa shape index (κ2) is 3.85. The number of rotatable bonds is 3. The predicted molar refractivity (Wildman–Crippen MR) is 52.5 cm³/mol. The summed E-state index contributed by atoms with van der Waals surface area (Å²) in [7, 11) is -3.49. The van der Waals surface area contributed by atoms with Crippen LogP contribution in [0.5, 0.6) is 5.75 Å². The fourth-order valence-corrected chi connectivity index (χ4v) is 1.91. The molecule has 15 heavy (non-hydrogen) atoms. The summed E-state index contributed by atoms with van der Waals surface area (Å²) in [5, 5.41) is 19.5. The zero-order chi connectivity index (χ0) is 11.6. The van der Waals surface area contributed by atoms with Gasteiger partial charge in [0.15, 0.2) is 15.6 Å². The Kier molecular flexibility index (Phi) is 2.94.